The number of hydrogen-bond acceptors (Lipinski definition) is 6. The Balaban J connectivity index is 1.76. The molecule has 0 saturated carbocycles. The fourth-order valence-electron chi connectivity index (χ4n) is 3.50. The van der Waals surface area contributed by atoms with Gasteiger partial charge in [-0.25, -0.2) is 17.9 Å². The maximum atomic E-state index is 13.0. The predicted octanol–water partition coefficient (Wildman–Crippen LogP) is 2.97. The molecule has 1 atom stereocenters. The van der Waals surface area contributed by atoms with Gasteiger partial charge < -0.3 is 15.8 Å². The first kappa shape index (κ1) is 21.1. The number of esters is 1. The maximum Gasteiger partial charge on any atom is 0.338 e. The third kappa shape index (κ3) is 4.54. The topological polar surface area (TPSA) is 111 Å². The molecule has 0 aliphatic carbocycles. The molecule has 29 heavy (non-hydrogen) atoms. The van der Waals surface area contributed by atoms with Gasteiger partial charge in [0.25, 0.3) is 0 Å². The van der Waals surface area contributed by atoms with Crippen molar-refractivity contribution in [3.63, 3.8) is 0 Å². The summed E-state index contributed by atoms with van der Waals surface area (Å²) in [6, 6.07) is 8.48. The molecular weight excluding hydrogens is 390 g/mol. The van der Waals surface area contributed by atoms with E-state index in [9.17, 15) is 13.2 Å². The molecule has 0 aromatic heterocycles. The smallest absolute Gasteiger partial charge is 0.338 e. The Morgan fingerprint density at radius 1 is 1.17 bits per heavy atom. The molecule has 0 fully saturated rings. The summed E-state index contributed by atoms with van der Waals surface area (Å²) >= 11 is 0. The zero-order chi connectivity index (χ0) is 21.3. The number of benzene rings is 2. The summed E-state index contributed by atoms with van der Waals surface area (Å²) in [5, 5.41) is 3.26. The van der Waals surface area contributed by atoms with Crippen molar-refractivity contribution >= 4 is 27.4 Å². The van der Waals surface area contributed by atoms with Gasteiger partial charge in [0.05, 0.1) is 11.3 Å². The molecule has 0 saturated heterocycles. The van der Waals surface area contributed by atoms with Crippen LogP contribution in [0.25, 0.3) is 0 Å². The lowest BCUT2D eigenvalue weighted by Gasteiger charge is -2.24. The molecule has 7 nitrogen and oxygen atoms in total. The van der Waals surface area contributed by atoms with Crippen LogP contribution >= 0.6 is 0 Å². The van der Waals surface area contributed by atoms with E-state index >= 15 is 0 Å². The van der Waals surface area contributed by atoms with Gasteiger partial charge >= 0.3 is 5.97 Å². The number of nitrogen functional groups attached to an aromatic ring is 1. The van der Waals surface area contributed by atoms with Gasteiger partial charge in [0.15, 0.2) is 0 Å². The lowest BCUT2D eigenvalue weighted by molar-refractivity contribution is 0.0535. The first-order valence-electron chi connectivity index (χ1n) is 9.51. The molecular formula is C21H27N3O4S. The van der Waals surface area contributed by atoms with E-state index in [0.717, 1.165) is 16.8 Å². The molecule has 2 aromatic rings. The highest BCUT2D eigenvalue weighted by Gasteiger charge is 2.26. The number of carbonyl (C=O) groups excluding carboxylic acids is 1. The number of cyclic esters (lactones) is 1. The summed E-state index contributed by atoms with van der Waals surface area (Å²) in [6.45, 7) is 8.17. The second-order valence-corrected chi connectivity index (χ2v) is 9.45. The van der Waals surface area contributed by atoms with E-state index in [-0.39, 0.29) is 35.1 Å². The molecule has 0 amide bonds. The molecule has 4 N–H and O–H groups in total. The van der Waals surface area contributed by atoms with Crippen molar-refractivity contribution in [3.8, 4) is 0 Å². The van der Waals surface area contributed by atoms with Crippen molar-refractivity contribution in [2.24, 2.45) is 5.92 Å². The normalized spacial score (nSPS) is 14.6. The van der Waals surface area contributed by atoms with E-state index < -0.39 is 10.0 Å². The number of fused-ring (bicyclic) bond motifs is 1. The number of nitrogens with two attached hydrogens (primary N) is 1. The molecule has 156 valence electrons. The fourth-order valence-corrected chi connectivity index (χ4v) is 5.22. The standard InChI is InChI=1S/C21H27N3O4S/c1-12(2)19(10-23-16-5-6-17-15(9-16)11-28-21(17)25)24-29(26,27)20-14(4)7-13(3)8-18(20)22/h5-9,12,19,23-24H,10-11,22H2,1-4H3/t19-/m1/s1. The molecule has 0 radical (unpaired) electrons. The summed E-state index contributed by atoms with van der Waals surface area (Å²) in [5.41, 5.74) is 9.99. The lowest BCUT2D eigenvalue weighted by atomic mass is 10.1. The highest BCUT2D eigenvalue weighted by Crippen LogP contribution is 2.26. The molecule has 0 unspecified atom stereocenters. The molecule has 3 rings (SSSR count). The van der Waals surface area contributed by atoms with Gasteiger partial charge in [-0.1, -0.05) is 19.9 Å². The monoisotopic (exact) mass is 417 g/mol. The molecule has 0 bridgehead atoms. The van der Waals surface area contributed by atoms with Crippen LogP contribution in [0.4, 0.5) is 11.4 Å². The van der Waals surface area contributed by atoms with Gasteiger partial charge in [-0.2, -0.15) is 0 Å². The maximum absolute atomic E-state index is 13.0. The van der Waals surface area contributed by atoms with Crippen molar-refractivity contribution in [2.45, 2.75) is 45.2 Å². The summed E-state index contributed by atoms with van der Waals surface area (Å²) in [7, 11) is -3.78. The average molecular weight is 418 g/mol. The summed E-state index contributed by atoms with van der Waals surface area (Å²) < 4.78 is 33.9. The van der Waals surface area contributed by atoms with Crippen LogP contribution in [0, 0.1) is 19.8 Å². The van der Waals surface area contributed by atoms with Gasteiger partial charge in [-0.05, 0) is 55.2 Å². The second-order valence-electron chi connectivity index (χ2n) is 7.80. The van der Waals surface area contributed by atoms with E-state index in [1.165, 1.54) is 0 Å². The van der Waals surface area contributed by atoms with Crippen LogP contribution in [0.1, 0.15) is 40.9 Å². The quantitative estimate of drug-likeness (QED) is 0.472. The van der Waals surface area contributed by atoms with Gasteiger partial charge in [0.2, 0.25) is 10.0 Å². The van der Waals surface area contributed by atoms with Gasteiger partial charge in [-0.3, -0.25) is 0 Å². The average Bonchev–Trinajstić information content (AvgIpc) is 2.97. The third-order valence-electron chi connectivity index (χ3n) is 5.04. The zero-order valence-electron chi connectivity index (χ0n) is 17.1. The summed E-state index contributed by atoms with van der Waals surface area (Å²) in [6.07, 6.45) is 0. The van der Waals surface area contributed by atoms with Gasteiger partial charge in [-0.15, -0.1) is 0 Å². The molecule has 2 aromatic carbocycles. The first-order valence-corrected chi connectivity index (χ1v) is 11.0. The fraction of sp³-hybridized carbons (Fsp3) is 0.381. The number of nitrogens with one attached hydrogen (secondary N) is 2. The number of aryl methyl sites for hydroxylation is 2. The predicted molar refractivity (Wildman–Crippen MR) is 113 cm³/mol. The minimum absolute atomic E-state index is 0.0450. The van der Waals surface area contributed by atoms with Crippen molar-refractivity contribution in [1.29, 1.82) is 0 Å². The van der Waals surface area contributed by atoms with E-state index in [2.05, 4.69) is 10.0 Å². The Labute approximate surface area is 171 Å². The molecule has 1 aliphatic heterocycles. The Hall–Kier alpha value is -2.58. The van der Waals surface area contributed by atoms with E-state index in [0.29, 0.717) is 17.7 Å². The van der Waals surface area contributed by atoms with Crippen LogP contribution in [0.15, 0.2) is 35.2 Å². The van der Waals surface area contributed by atoms with E-state index in [4.69, 9.17) is 10.5 Å². The Morgan fingerprint density at radius 2 is 1.90 bits per heavy atom. The Morgan fingerprint density at radius 3 is 2.55 bits per heavy atom. The van der Waals surface area contributed by atoms with Crippen molar-refractivity contribution in [3.05, 3.63) is 52.6 Å². The highest BCUT2D eigenvalue weighted by atomic mass is 32.2. The van der Waals surface area contributed by atoms with Crippen molar-refractivity contribution < 1.29 is 17.9 Å². The zero-order valence-corrected chi connectivity index (χ0v) is 17.9. The van der Waals surface area contributed by atoms with Crippen molar-refractivity contribution in [2.75, 3.05) is 17.6 Å². The van der Waals surface area contributed by atoms with Crippen LogP contribution in [0.5, 0.6) is 0 Å². The number of carbonyl (C=O) groups is 1. The lowest BCUT2D eigenvalue weighted by Crippen LogP contribution is -2.43. The second kappa shape index (κ2) is 8.04. The molecule has 1 heterocycles. The number of anilines is 2. The molecule has 0 spiro atoms. The van der Waals surface area contributed by atoms with Crippen LogP contribution in [0.3, 0.4) is 0 Å². The first-order chi connectivity index (χ1) is 13.6. The van der Waals surface area contributed by atoms with Crippen molar-refractivity contribution in [1.82, 2.24) is 4.72 Å². The number of sulfonamides is 1. The Bertz CT molecular complexity index is 1020. The van der Waals surface area contributed by atoms with E-state index in [1.54, 1.807) is 25.1 Å². The number of rotatable bonds is 7. The van der Waals surface area contributed by atoms with Crippen LogP contribution < -0.4 is 15.8 Å². The SMILES string of the molecule is Cc1cc(C)c(S(=O)(=O)N[C@H](CNc2ccc3c(c2)COC3=O)C(C)C)c(N)c1. The summed E-state index contributed by atoms with van der Waals surface area (Å²) in [4.78, 5) is 11.7. The summed E-state index contributed by atoms with van der Waals surface area (Å²) in [5.74, 6) is -0.269. The number of hydrogen-bond donors (Lipinski definition) is 3. The van der Waals surface area contributed by atoms with Crippen LogP contribution in [-0.4, -0.2) is 27.0 Å². The minimum atomic E-state index is -3.78. The van der Waals surface area contributed by atoms with Gasteiger partial charge in [0, 0.05) is 23.8 Å². The van der Waals surface area contributed by atoms with Crippen LogP contribution in [0.2, 0.25) is 0 Å². The van der Waals surface area contributed by atoms with E-state index in [1.807, 2.05) is 32.9 Å². The minimum Gasteiger partial charge on any atom is -0.457 e. The molecule has 1 aliphatic rings. The van der Waals surface area contributed by atoms with Crippen LogP contribution in [-0.2, 0) is 21.4 Å². The van der Waals surface area contributed by atoms with Gasteiger partial charge in [0.1, 0.15) is 11.5 Å². The Kier molecular flexibility index (Phi) is 5.86. The number of ether oxygens (including phenoxy) is 1. The largest absolute Gasteiger partial charge is 0.457 e. The molecule has 8 heteroatoms. The highest BCUT2D eigenvalue weighted by molar-refractivity contribution is 7.89. The third-order valence-corrected chi connectivity index (χ3v) is 6.75.